The van der Waals surface area contributed by atoms with Gasteiger partial charge in [0.1, 0.15) is 5.56 Å². The first kappa shape index (κ1) is 17.1. The summed E-state index contributed by atoms with van der Waals surface area (Å²) in [7, 11) is 0. The number of amides is 1. The maximum absolute atomic E-state index is 12.1. The summed E-state index contributed by atoms with van der Waals surface area (Å²) in [5.41, 5.74) is -0.404. The molecule has 0 spiro atoms. The second-order valence-electron chi connectivity index (χ2n) is 5.60. The first-order valence-electron chi connectivity index (χ1n) is 7.41. The number of hydrazone groups is 1. The first-order valence-corrected chi connectivity index (χ1v) is 8.20. The molecule has 0 fully saturated rings. The van der Waals surface area contributed by atoms with E-state index < -0.39 is 10.6 Å². The van der Waals surface area contributed by atoms with Gasteiger partial charge in [0.05, 0.1) is 4.92 Å². The second-order valence-corrected chi connectivity index (χ2v) is 6.52. The number of carbonyl (C=O) groups is 1. The Labute approximate surface area is 152 Å². The van der Waals surface area contributed by atoms with Crippen LogP contribution in [0.4, 0.5) is 5.69 Å². The normalized spacial score (nSPS) is 19.3. The van der Waals surface area contributed by atoms with Gasteiger partial charge in [-0.1, -0.05) is 40.2 Å². The van der Waals surface area contributed by atoms with Crippen molar-refractivity contribution in [2.24, 2.45) is 5.10 Å². The Hall–Kier alpha value is -2.74. The van der Waals surface area contributed by atoms with Crippen LogP contribution in [0.1, 0.15) is 25.0 Å². The van der Waals surface area contributed by atoms with Gasteiger partial charge >= 0.3 is 0 Å². The number of hydrogen-bond acceptors (Lipinski definition) is 5. The molecular formula is C17H14BrN3O4. The molecule has 0 aromatic heterocycles. The molecule has 3 rings (SSSR count). The third-order valence-corrected chi connectivity index (χ3v) is 4.43. The summed E-state index contributed by atoms with van der Waals surface area (Å²) >= 11 is 3.36. The molecule has 0 saturated carbocycles. The zero-order valence-corrected chi connectivity index (χ0v) is 15.1. The lowest BCUT2D eigenvalue weighted by Crippen LogP contribution is -2.41. The molecule has 0 saturated heterocycles. The van der Waals surface area contributed by atoms with E-state index in [1.165, 1.54) is 18.0 Å². The highest BCUT2D eigenvalue weighted by atomic mass is 79.9. The molecular weight excluding hydrogens is 390 g/mol. The minimum Gasteiger partial charge on any atom is -0.443 e. The minimum absolute atomic E-state index is 0.0351. The van der Waals surface area contributed by atoms with E-state index in [4.69, 9.17) is 4.74 Å². The Morgan fingerprint density at radius 1 is 1.24 bits per heavy atom. The number of nitrogens with zero attached hydrogens (tertiary/aromatic N) is 3. The molecule has 1 atom stereocenters. The van der Waals surface area contributed by atoms with E-state index in [0.29, 0.717) is 5.56 Å². The van der Waals surface area contributed by atoms with Gasteiger partial charge < -0.3 is 4.74 Å². The van der Waals surface area contributed by atoms with Gasteiger partial charge in [-0.05, 0) is 18.2 Å². The zero-order chi connectivity index (χ0) is 18.2. The highest BCUT2D eigenvalue weighted by Crippen LogP contribution is 2.38. The van der Waals surface area contributed by atoms with Crippen LogP contribution < -0.4 is 0 Å². The van der Waals surface area contributed by atoms with Crippen LogP contribution in [0.2, 0.25) is 0 Å². The van der Waals surface area contributed by atoms with E-state index >= 15 is 0 Å². The van der Waals surface area contributed by atoms with E-state index in [1.54, 1.807) is 37.3 Å². The quantitative estimate of drug-likeness (QED) is 0.576. The topological polar surface area (TPSA) is 85.0 Å². The Morgan fingerprint density at radius 3 is 2.48 bits per heavy atom. The SMILES string of the molecule is CC(=O)N1N=C(c2ccccc2[N+](=O)[O-])O[C@]1(C)c1ccc(Br)cc1. The van der Waals surface area contributed by atoms with Crippen LogP contribution in [-0.2, 0) is 15.3 Å². The van der Waals surface area contributed by atoms with Crippen molar-refractivity contribution in [2.75, 3.05) is 0 Å². The molecule has 1 aliphatic rings. The van der Waals surface area contributed by atoms with Crippen molar-refractivity contribution < 1.29 is 14.5 Å². The molecule has 8 heteroatoms. The lowest BCUT2D eigenvalue weighted by Gasteiger charge is -2.31. The molecule has 2 aromatic rings. The lowest BCUT2D eigenvalue weighted by molar-refractivity contribution is -0.385. The van der Waals surface area contributed by atoms with Crippen molar-refractivity contribution in [3.05, 3.63) is 74.2 Å². The standard InChI is InChI=1S/C17H14BrN3O4/c1-11(22)20-17(2,12-7-9-13(18)10-8-12)25-16(19-20)14-5-3-4-6-15(14)21(23)24/h3-10H,1-2H3/t17-/m1/s1. The van der Waals surface area contributed by atoms with Crippen molar-refractivity contribution in [2.45, 2.75) is 19.6 Å². The van der Waals surface area contributed by atoms with Gasteiger partial charge in [-0.2, -0.15) is 5.01 Å². The fraction of sp³-hybridized carbons (Fsp3) is 0.176. The summed E-state index contributed by atoms with van der Waals surface area (Å²) in [4.78, 5) is 22.9. The number of nitro benzene ring substituents is 1. The summed E-state index contributed by atoms with van der Waals surface area (Å²) in [6.07, 6.45) is 0. The van der Waals surface area contributed by atoms with Crippen LogP contribution in [0.15, 0.2) is 58.1 Å². The Balaban J connectivity index is 2.08. The van der Waals surface area contributed by atoms with E-state index in [2.05, 4.69) is 21.0 Å². The van der Waals surface area contributed by atoms with Gasteiger partial charge in [-0.25, -0.2) is 0 Å². The van der Waals surface area contributed by atoms with E-state index in [0.717, 1.165) is 4.47 Å². The number of hydrogen-bond donors (Lipinski definition) is 0. The molecule has 1 amide bonds. The van der Waals surface area contributed by atoms with Crippen LogP contribution in [0, 0.1) is 10.1 Å². The van der Waals surface area contributed by atoms with Crippen LogP contribution in [0.25, 0.3) is 0 Å². The van der Waals surface area contributed by atoms with E-state index in [9.17, 15) is 14.9 Å². The smallest absolute Gasteiger partial charge is 0.282 e. The Morgan fingerprint density at radius 2 is 1.88 bits per heavy atom. The fourth-order valence-electron chi connectivity index (χ4n) is 2.67. The van der Waals surface area contributed by atoms with Gasteiger partial charge in [0.25, 0.3) is 5.69 Å². The highest BCUT2D eigenvalue weighted by Gasteiger charge is 2.45. The molecule has 0 N–H and O–H groups in total. The van der Waals surface area contributed by atoms with Crippen molar-refractivity contribution in [1.29, 1.82) is 0 Å². The average molecular weight is 404 g/mol. The minimum atomic E-state index is -1.19. The van der Waals surface area contributed by atoms with E-state index in [1.807, 2.05) is 12.1 Å². The predicted molar refractivity (Wildman–Crippen MR) is 94.7 cm³/mol. The number of halogens is 1. The molecule has 0 unspecified atom stereocenters. The third kappa shape index (κ3) is 3.00. The van der Waals surface area contributed by atoms with Crippen LogP contribution in [-0.4, -0.2) is 21.7 Å². The summed E-state index contributed by atoms with van der Waals surface area (Å²) in [5, 5.41) is 16.7. The number of nitro groups is 1. The maximum atomic E-state index is 12.1. The van der Waals surface area contributed by atoms with Gasteiger partial charge in [-0.3, -0.25) is 14.9 Å². The summed E-state index contributed by atoms with van der Waals surface area (Å²) in [6, 6.07) is 13.4. The van der Waals surface area contributed by atoms with Crippen molar-refractivity contribution in [3.8, 4) is 0 Å². The van der Waals surface area contributed by atoms with Gasteiger partial charge in [0.15, 0.2) is 0 Å². The third-order valence-electron chi connectivity index (χ3n) is 3.90. The molecule has 0 radical (unpaired) electrons. The van der Waals surface area contributed by atoms with E-state index in [-0.39, 0.29) is 23.1 Å². The van der Waals surface area contributed by atoms with Crippen LogP contribution in [0.3, 0.4) is 0 Å². The lowest BCUT2D eigenvalue weighted by atomic mass is 10.0. The Bertz CT molecular complexity index is 882. The van der Waals surface area contributed by atoms with Crippen molar-refractivity contribution in [1.82, 2.24) is 5.01 Å². The second kappa shape index (κ2) is 6.29. The maximum Gasteiger partial charge on any atom is 0.282 e. The molecule has 1 aliphatic heterocycles. The molecule has 0 aliphatic carbocycles. The monoisotopic (exact) mass is 403 g/mol. The number of para-hydroxylation sites is 1. The summed E-state index contributed by atoms with van der Waals surface area (Å²) in [5.74, 6) is -0.299. The Kier molecular flexibility index (Phi) is 4.30. The number of ether oxygens (including phenoxy) is 1. The summed E-state index contributed by atoms with van der Waals surface area (Å²) < 4.78 is 6.84. The number of benzene rings is 2. The average Bonchev–Trinajstić information content (AvgIpc) is 2.94. The van der Waals surface area contributed by atoms with Gasteiger partial charge in [0.2, 0.25) is 17.5 Å². The van der Waals surface area contributed by atoms with Gasteiger partial charge in [0, 0.05) is 30.0 Å². The molecule has 1 heterocycles. The fourth-order valence-corrected chi connectivity index (χ4v) is 2.94. The number of carbonyl (C=O) groups excluding carboxylic acids is 1. The highest BCUT2D eigenvalue weighted by molar-refractivity contribution is 9.10. The zero-order valence-electron chi connectivity index (χ0n) is 13.5. The molecule has 2 aromatic carbocycles. The van der Waals surface area contributed by atoms with Crippen LogP contribution in [0.5, 0.6) is 0 Å². The van der Waals surface area contributed by atoms with Crippen molar-refractivity contribution in [3.63, 3.8) is 0 Å². The molecule has 128 valence electrons. The largest absolute Gasteiger partial charge is 0.443 e. The number of rotatable bonds is 3. The van der Waals surface area contributed by atoms with Crippen LogP contribution >= 0.6 is 15.9 Å². The van der Waals surface area contributed by atoms with Gasteiger partial charge in [-0.15, -0.1) is 5.10 Å². The summed E-state index contributed by atoms with van der Waals surface area (Å²) in [6.45, 7) is 3.06. The van der Waals surface area contributed by atoms with Crippen molar-refractivity contribution >= 4 is 33.4 Å². The predicted octanol–water partition coefficient (Wildman–Crippen LogP) is 3.77. The molecule has 25 heavy (non-hydrogen) atoms. The molecule has 0 bridgehead atoms. The first-order chi connectivity index (χ1) is 11.8. The molecule has 7 nitrogen and oxygen atoms in total.